The molecule has 0 spiro atoms. The monoisotopic (exact) mass is 353 g/mol. The maximum atomic E-state index is 6.47. The topological polar surface area (TPSA) is 28.1 Å². The van der Waals surface area contributed by atoms with Crippen molar-refractivity contribution in [3.8, 4) is 11.5 Å². The highest BCUT2D eigenvalue weighted by Gasteiger charge is 2.33. The number of para-hydroxylation sites is 3. The van der Waals surface area contributed by atoms with Gasteiger partial charge in [-0.05, 0) is 43.7 Å². The standard InChI is InChI=1S/C20H20ClN3O/c21-16-7-3-6-15-19(16)25-18-9-2-1-8-17(18)22-20(15)24-12-11-23-10-4-5-14(23)13-24/h1-3,6-9,14H,4-5,10-13H2/t14-/m0/s1. The summed E-state index contributed by atoms with van der Waals surface area (Å²) in [4.78, 5) is 10.0. The fourth-order valence-electron chi connectivity index (χ4n) is 4.13. The number of ether oxygens (including phenoxy) is 1. The predicted molar refractivity (Wildman–Crippen MR) is 100 cm³/mol. The Morgan fingerprint density at radius 3 is 2.92 bits per heavy atom. The van der Waals surface area contributed by atoms with Crippen LogP contribution in [0.1, 0.15) is 18.4 Å². The van der Waals surface area contributed by atoms with Gasteiger partial charge >= 0.3 is 0 Å². The average Bonchev–Trinajstić information content (AvgIpc) is 3.03. The molecule has 5 heteroatoms. The van der Waals surface area contributed by atoms with Gasteiger partial charge in [-0.2, -0.15) is 0 Å². The van der Waals surface area contributed by atoms with Crippen LogP contribution in [0.15, 0.2) is 47.5 Å². The van der Waals surface area contributed by atoms with Crippen molar-refractivity contribution in [3.63, 3.8) is 0 Å². The van der Waals surface area contributed by atoms with Crippen molar-refractivity contribution in [2.24, 2.45) is 4.99 Å². The van der Waals surface area contributed by atoms with Gasteiger partial charge in [-0.15, -0.1) is 0 Å². The first-order valence-corrected chi connectivity index (χ1v) is 9.31. The quantitative estimate of drug-likeness (QED) is 0.706. The van der Waals surface area contributed by atoms with Crippen LogP contribution in [0.2, 0.25) is 5.02 Å². The first-order chi connectivity index (χ1) is 12.3. The minimum absolute atomic E-state index is 0.626. The van der Waals surface area contributed by atoms with Gasteiger partial charge in [-0.25, -0.2) is 4.99 Å². The molecule has 5 rings (SSSR count). The average molecular weight is 354 g/mol. The third kappa shape index (κ3) is 2.60. The maximum Gasteiger partial charge on any atom is 0.157 e. The normalized spacial score (nSPS) is 22.4. The Hall–Kier alpha value is -2.04. The second-order valence-electron chi connectivity index (χ2n) is 6.90. The van der Waals surface area contributed by atoms with E-state index in [4.69, 9.17) is 21.3 Å². The van der Waals surface area contributed by atoms with Crippen LogP contribution in [0, 0.1) is 0 Å². The molecule has 2 aromatic rings. The number of piperazine rings is 1. The molecule has 3 heterocycles. The van der Waals surface area contributed by atoms with Gasteiger partial charge < -0.3 is 9.64 Å². The molecule has 2 aromatic carbocycles. The lowest BCUT2D eigenvalue weighted by molar-refractivity contribution is 0.152. The molecule has 128 valence electrons. The van der Waals surface area contributed by atoms with Crippen LogP contribution < -0.4 is 4.74 Å². The van der Waals surface area contributed by atoms with E-state index in [1.165, 1.54) is 19.4 Å². The fraction of sp³-hybridized carbons (Fsp3) is 0.350. The van der Waals surface area contributed by atoms with Crippen molar-refractivity contribution in [1.29, 1.82) is 0 Å². The number of aliphatic imine (C=N–C) groups is 1. The highest BCUT2D eigenvalue weighted by atomic mass is 35.5. The molecule has 3 aliphatic heterocycles. The summed E-state index contributed by atoms with van der Waals surface area (Å²) in [6.07, 6.45) is 2.58. The molecule has 0 radical (unpaired) electrons. The van der Waals surface area contributed by atoms with E-state index in [1.807, 2.05) is 36.4 Å². The lowest BCUT2D eigenvalue weighted by atomic mass is 10.1. The fourth-order valence-corrected chi connectivity index (χ4v) is 4.35. The molecule has 1 atom stereocenters. The second-order valence-corrected chi connectivity index (χ2v) is 7.31. The summed E-state index contributed by atoms with van der Waals surface area (Å²) in [5, 5.41) is 0.626. The Bertz CT molecular complexity index is 851. The van der Waals surface area contributed by atoms with Crippen LogP contribution >= 0.6 is 11.6 Å². The van der Waals surface area contributed by atoms with Gasteiger partial charge in [0.25, 0.3) is 0 Å². The van der Waals surface area contributed by atoms with Crippen molar-refractivity contribution in [1.82, 2.24) is 9.80 Å². The summed E-state index contributed by atoms with van der Waals surface area (Å²) in [6, 6.07) is 14.5. The van der Waals surface area contributed by atoms with E-state index in [0.29, 0.717) is 16.8 Å². The zero-order chi connectivity index (χ0) is 16.8. The zero-order valence-electron chi connectivity index (χ0n) is 14.0. The SMILES string of the molecule is Clc1cccc2c1Oc1ccccc1N=C2N1CCN2CCC[C@H]2C1. The van der Waals surface area contributed by atoms with Crippen molar-refractivity contribution in [2.75, 3.05) is 26.2 Å². The molecule has 0 unspecified atom stereocenters. The van der Waals surface area contributed by atoms with E-state index < -0.39 is 0 Å². The molecule has 0 bridgehead atoms. The second kappa shape index (κ2) is 6.04. The van der Waals surface area contributed by atoms with Crippen molar-refractivity contribution >= 4 is 23.1 Å². The summed E-state index contributed by atoms with van der Waals surface area (Å²) >= 11 is 6.47. The highest BCUT2D eigenvalue weighted by Crippen LogP contribution is 2.41. The number of hydrogen-bond donors (Lipinski definition) is 0. The van der Waals surface area contributed by atoms with E-state index in [2.05, 4.69) is 15.9 Å². The Morgan fingerprint density at radius 1 is 1.04 bits per heavy atom. The molecule has 3 aliphatic rings. The van der Waals surface area contributed by atoms with Crippen LogP contribution in [0.25, 0.3) is 0 Å². The summed E-state index contributed by atoms with van der Waals surface area (Å²) in [5.41, 5.74) is 1.84. The van der Waals surface area contributed by atoms with Crippen molar-refractivity contribution in [3.05, 3.63) is 53.1 Å². The number of nitrogens with zero attached hydrogens (tertiary/aromatic N) is 3. The van der Waals surface area contributed by atoms with Gasteiger partial charge in [0.15, 0.2) is 11.5 Å². The van der Waals surface area contributed by atoms with Crippen LogP contribution in [-0.4, -0.2) is 47.9 Å². The minimum atomic E-state index is 0.626. The number of amidine groups is 1. The van der Waals surface area contributed by atoms with E-state index in [9.17, 15) is 0 Å². The first kappa shape index (κ1) is 15.2. The van der Waals surface area contributed by atoms with Crippen molar-refractivity contribution < 1.29 is 4.74 Å². The number of halogens is 1. The smallest absolute Gasteiger partial charge is 0.157 e. The lowest BCUT2D eigenvalue weighted by Crippen LogP contribution is -2.52. The Balaban J connectivity index is 1.61. The van der Waals surface area contributed by atoms with E-state index in [1.54, 1.807) is 0 Å². The first-order valence-electron chi connectivity index (χ1n) is 8.93. The number of fused-ring (bicyclic) bond motifs is 3. The molecule has 0 amide bonds. The number of rotatable bonds is 0. The van der Waals surface area contributed by atoms with Gasteiger partial charge in [0.2, 0.25) is 0 Å². The molecule has 2 fully saturated rings. The largest absolute Gasteiger partial charge is 0.453 e. The Labute approximate surface area is 152 Å². The lowest BCUT2D eigenvalue weighted by Gasteiger charge is -2.39. The van der Waals surface area contributed by atoms with Gasteiger partial charge in [0.1, 0.15) is 11.5 Å². The van der Waals surface area contributed by atoms with E-state index in [0.717, 1.165) is 42.5 Å². The van der Waals surface area contributed by atoms with E-state index >= 15 is 0 Å². The molecule has 0 aliphatic carbocycles. The number of benzene rings is 2. The van der Waals surface area contributed by atoms with Crippen molar-refractivity contribution in [2.45, 2.75) is 18.9 Å². The van der Waals surface area contributed by atoms with Crippen LogP contribution in [0.3, 0.4) is 0 Å². The van der Waals surface area contributed by atoms with Gasteiger partial charge in [0.05, 0.1) is 10.6 Å². The van der Waals surface area contributed by atoms with Crippen LogP contribution in [0.4, 0.5) is 5.69 Å². The Kier molecular flexibility index (Phi) is 3.68. The van der Waals surface area contributed by atoms with Crippen LogP contribution in [0.5, 0.6) is 11.5 Å². The molecular weight excluding hydrogens is 334 g/mol. The molecule has 0 N–H and O–H groups in total. The minimum Gasteiger partial charge on any atom is -0.453 e. The zero-order valence-corrected chi connectivity index (χ0v) is 14.7. The third-order valence-electron chi connectivity index (χ3n) is 5.40. The summed E-state index contributed by atoms with van der Waals surface area (Å²) < 4.78 is 6.16. The van der Waals surface area contributed by atoms with E-state index in [-0.39, 0.29) is 0 Å². The van der Waals surface area contributed by atoms with Gasteiger partial charge in [0, 0.05) is 25.7 Å². The summed E-state index contributed by atoms with van der Waals surface area (Å²) in [7, 11) is 0. The third-order valence-corrected chi connectivity index (χ3v) is 5.70. The molecular formula is C20H20ClN3O. The summed E-state index contributed by atoms with van der Waals surface area (Å²) in [6.45, 7) is 4.35. The predicted octanol–water partition coefficient (Wildman–Crippen LogP) is 4.30. The maximum absolute atomic E-state index is 6.47. The summed E-state index contributed by atoms with van der Waals surface area (Å²) in [5.74, 6) is 2.45. The Morgan fingerprint density at radius 2 is 1.96 bits per heavy atom. The molecule has 4 nitrogen and oxygen atoms in total. The number of hydrogen-bond acceptors (Lipinski definition) is 4. The molecule has 0 aromatic heterocycles. The van der Waals surface area contributed by atoms with Gasteiger partial charge in [-0.3, -0.25) is 4.90 Å². The molecule has 2 saturated heterocycles. The highest BCUT2D eigenvalue weighted by molar-refractivity contribution is 6.33. The molecule has 0 saturated carbocycles. The van der Waals surface area contributed by atoms with Gasteiger partial charge in [-0.1, -0.05) is 29.8 Å². The van der Waals surface area contributed by atoms with Crippen LogP contribution in [-0.2, 0) is 0 Å². The molecule has 25 heavy (non-hydrogen) atoms.